The number of benzene rings is 2. The van der Waals surface area contributed by atoms with Crippen molar-refractivity contribution < 1.29 is 50.3 Å². The lowest BCUT2D eigenvalue weighted by Crippen LogP contribution is -2.21. The molecule has 0 aliphatic rings. The van der Waals surface area contributed by atoms with E-state index in [0.29, 0.717) is 16.7 Å². The van der Waals surface area contributed by atoms with E-state index in [1.807, 2.05) is 0 Å². The Kier molecular flexibility index (Phi) is 10.0. The first-order chi connectivity index (χ1) is 21.4. The Morgan fingerprint density at radius 2 is 1.15 bits per heavy atom. The van der Waals surface area contributed by atoms with Crippen molar-refractivity contribution in [1.29, 1.82) is 0 Å². The molecule has 242 valence electrons. The van der Waals surface area contributed by atoms with Crippen molar-refractivity contribution in [2.75, 3.05) is 20.0 Å². The van der Waals surface area contributed by atoms with Crippen LogP contribution in [-0.4, -0.2) is 40.2 Å². The van der Waals surface area contributed by atoms with Gasteiger partial charge in [-0.25, -0.2) is 9.59 Å². The predicted octanol–water partition coefficient (Wildman–Crippen LogP) is 4.78. The number of nitrogens with two attached hydrogens (primary N) is 1. The van der Waals surface area contributed by atoms with Crippen molar-refractivity contribution in [1.82, 2.24) is 9.13 Å². The molecule has 4 aromatic rings. The second-order valence-corrected chi connectivity index (χ2v) is 8.90. The number of hydrogen-bond acceptors (Lipinski definition) is 9. The summed E-state index contributed by atoms with van der Waals surface area (Å²) in [7, 11) is 2.01. The smallest absolute Gasteiger partial charge is 0.418 e. The van der Waals surface area contributed by atoms with E-state index in [1.165, 1.54) is 30.5 Å². The number of carbonyl (C=O) groups is 2. The second-order valence-electron chi connectivity index (χ2n) is 8.90. The van der Waals surface area contributed by atoms with E-state index in [9.17, 15) is 55.6 Å². The molecule has 2 aromatic carbocycles. The summed E-state index contributed by atoms with van der Waals surface area (Å²) in [6.07, 6.45) is -7.50. The van der Waals surface area contributed by atoms with E-state index >= 15 is 0 Å². The van der Waals surface area contributed by atoms with Crippen LogP contribution < -0.4 is 16.9 Å². The fraction of sp³-hybridized carbons (Fsp3) is 0.143. The molecular formula is C28H20F6N4O8. The van der Waals surface area contributed by atoms with Crippen LogP contribution in [-0.2, 0) is 21.8 Å². The van der Waals surface area contributed by atoms with Crippen LogP contribution in [0.4, 0.5) is 37.7 Å². The number of alkyl halides is 6. The van der Waals surface area contributed by atoms with E-state index in [1.54, 1.807) is 0 Å². The Labute approximate surface area is 253 Å². The minimum atomic E-state index is -4.98. The Morgan fingerprint density at radius 1 is 0.739 bits per heavy atom. The van der Waals surface area contributed by atoms with Gasteiger partial charge in [0.1, 0.15) is 5.56 Å². The maximum Gasteiger partial charge on any atom is 0.418 e. The number of methoxy groups -OCH3 is 2. The number of anilines is 1. The number of rotatable bonds is 5. The van der Waals surface area contributed by atoms with Crippen LogP contribution in [0.1, 0.15) is 31.8 Å². The van der Waals surface area contributed by atoms with Gasteiger partial charge in [0, 0.05) is 36.3 Å². The van der Waals surface area contributed by atoms with Crippen LogP contribution in [0.5, 0.6) is 0 Å². The van der Waals surface area contributed by atoms with Crippen molar-refractivity contribution in [3.63, 3.8) is 0 Å². The second kappa shape index (κ2) is 13.4. The Morgan fingerprint density at radius 3 is 1.54 bits per heavy atom. The van der Waals surface area contributed by atoms with E-state index < -0.39 is 74.1 Å². The van der Waals surface area contributed by atoms with E-state index in [-0.39, 0.29) is 17.3 Å². The van der Waals surface area contributed by atoms with Crippen LogP contribution in [0.25, 0.3) is 11.4 Å². The molecule has 2 N–H and O–H groups in total. The molecule has 4 rings (SSSR count). The van der Waals surface area contributed by atoms with Crippen molar-refractivity contribution in [3.8, 4) is 11.4 Å². The quantitative estimate of drug-likeness (QED) is 0.105. The number of hydrogen-bond donors (Lipinski definition) is 1. The molecule has 0 saturated carbocycles. The normalized spacial score (nSPS) is 11.2. The number of nitro benzene ring substituents is 1. The topological polar surface area (TPSA) is 166 Å². The first kappa shape index (κ1) is 34.5. The number of carbonyl (C=O) groups excluding carboxylic acids is 2. The molecular weight excluding hydrogens is 634 g/mol. The molecule has 0 radical (unpaired) electrons. The van der Waals surface area contributed by atoms with Gasteiger partial charge in [-0.2, -0.15) is 26.3 Å². The maximum atomic E-state index is 13.3. The average Bonchev–Trinajstić information content (AvgIpc) is 2.99. The highest BCUT2D eigenvalue weighted by Gasteiger charge is 2.39. The summed E-state index contributed by atoms with van der Waals surface area (Å²) in [4.78, 5) is 56.7. The molecule has 0 bridgehead atoms. The summed E-state index contributed by atoms with van der Waals surface area (Å²) < 4.78 is 89.6. The number of halogens is 6. The molecule has 0 atom stereocenters. The minimum Gasteiger partial charge on any atom is -0.465 e. The Balaban J connectivity index is 0.000000251. The summed E-state index contributed by atoms with van der Waals surface area (Å²) in [5, 5.41) is 11.0. The molecule has 0 spiro atoms. The summed E-state index contributed by atoms with van der Waals surface area (Å²) in [5.41, 5.74) is -2.11. The molecule has 0 unspecified atom stereocenters. The molecule has 18 heteroatoms. The number of nitrogens with zero attached hydrogens (tertiary/aromatic N) is 3. The fourth-order valence-electron chi connectivity index (χ4n) is 4.00. The zero-order valence-corrected chi connectivity index (χ0v) is 23.4. The van der Waals surface area contributed by atoms with Gasteiger partial charge in [-0.05, 0) is 30.3 Å². The van der Waals surface area contributed by atoms with E-state index in [0.717, 1.165) is 43.2 Å². The molecule has 12 nitrogen and oxygen atoms in total. The van der Waals surface area contributed by atoms with Crippen molar-refractivity contribution in [2.24, 2.45) is 0 Å². The first-order valence-electron chi connectivity index (χ1n) is 12.4. The van der Waals surface area contributed by atoms with E-state index in [2.05, 4.69) is 9.47 Å². The van der Waals surface area contributed by atoms with Crippen molar-refractivity contribution >= 4 is 23.3 Å². The molecule has 2 aromatic heterocycles. The monoisotopic (exact) mass is 654 g/mol. The number of ether oxygens (including phenoxy) is 2. The minimum absolute atomic E-state index is 0.209. The highest BCUT2D eigenvalue weighted by Crippen LogP contribution is 2.38. The average molecular weight is 654 g/mol. The highest BCUT2D eigenvalue weighted by molar-refractivity contribution is 5.96. The number of nitrogen functional groups attached to an aromatic ring is 1. The van der Waals surface area contributed by atoms with Gasteiger partial charge in [0.15, 0.2) is 0 Å². The predicted molar refractivity (Wildman–Crippen MR) is 148 cm³/mol. The first-order valence-corrected chi connectivity index (χ1v) is 12.4. The summed E-state index contributed by atoms with van der Waals surface area (Å²) in [6, 6.07) is 9.87. The van der Waals surface area contributed by atoms with Gasteiger partial charge in [-0.15, -0.1) is 0 Å². The highest BCUT2D eigenvalue weighted by atomic mass is 19.4. The fourth-order valence-corrected chi connectivity index (χ4v) is 4.00. The molecule has 0 saturated heterocycles. The van der Waals surface area contributed by atoms with Crippen LogP contribution in [0.15, 0.2) is 82.6 Å². The van der Waals surface area contributed by atoms with Gasteiger partial charge in [-0.1, -0.05) is 12.1 Å². The van der Waals surface area contributed by atoms with Gasteiger partial charge in [-0.3, -0.25) is 28.8 Å². The Hall–Kier alpha value is -5.94. The summed E-state index contributed by atoms with van der Waals surface area (Å²) in [5.74, 6) is -2.09. The SMILES string of the molecule is COC(=O)c1cc(-n2ccccc2=O)c(C(F)(F)F)cc1N.COC(=O)c1cc(-n2ccccc2=O)c(C(F)(F)F)cc1[N+](=O)[O-]. The molecule has 0 amide bonds. The van der Waals surface area contributed by atoms with E-state index in [4.69, 9.17) is 5.73 Å². The summed E-state index contributed by atoms with van der Waals surface area (Å²) in [6.45, 7) is 0. The third kappa shape index (κ3) is 7.40. The lowest BCUT2D eigenvalue weighted by molar-refractivity contribution is -0.385. The van der Waals surface area contributed by atoms with Crippen LogP contribution in [0, 0.1) is 10.1 Å². The molecule has 0 aliphatic heterocycles. The third-order valence-electron chi connectivity index (χ3n) is 6.06. The zero-order chi connectivity index (χ0) is 34.6. The van der Waals surface area contributed by atoms with Gasteiger partial charge in [0.2, 0.25) is 0 Å². The number of nitro groups is 1. The number of pyridine rings is 2. The van der Waals surface area contributed by atoms with Gasteiger partial charge in [0.05, 0.1) is 47.2 Å². The molecule has 2 heterocycles. The molecule has 46 heavy (non-hydrogen) atoms. The lowest BCUT2D eigenvalue weighted by atomic mass is 10.1. The van der Waals surface area contributed by atoms with Crippen molar-refractivity contribution in [3.05, 3.63) is 126 Å². The van der Waals surface area contributed by atoms with Gasteiger partial charge in [0.25, 0.3) is 16.8 Å². The number of esters is 2. The standard InChI is InChI=1S/C14H9F3N2O5.C14H11F3N2O3/c1-24-13(21)8-6-11(18-5-3-2-4-12(18)20)9(14(15,16)17)7-10(8)19(22)23;1-22-13(21)8-6-11(19-5-3-2-4-12(19)20)9(7-10(8)18)14(15,16)17/h2-7H,1H3;2-7H,18H2,1H3. The maximum absolute atomic E-state index is 13.3. The third-order valence-corrected chi connectivity index (χ3v) is 6.06. The largest absolute Gasteiger partial charge is 0.465 e. The molecule has 0 aliphatic carbocycles. The molecule has 0 fully saturated rings. The van der Waals surface area contributed by atoms with Crippen LogP contribution >= 0.6 is 0 Å². The zero-order valence-electron chi connectivity index (χ0n) is 23.4. The number of aromatic nitrogens is 2. The van der Waals surface area contributed by atoms with Crippen molar-refractivity contribution in [2.45, 2.75) is 12.4 Å². The Bertz CT molecular complexity index is 1930. The van der Waals surface area contributed by atoms with Crippen LogP contribution in [0.2, 0.25) is 0 Å². The summed E-state index contributed by atoms with van der Waals surface area (Å²) >= 11 is 0. The lowest BCUT2D eigenvalue weighted by Gasteiger charge is -2.17. The van der Waals surface area contributed by atoms with Gasteiger partial charge >= 0.3 is 24.3 Å². The van der Waals surface area contributed by atoms with Crippen LogP contribution in [0.3, 0.4) is 0 Å². The van der Waals surface area contributed by atoms with Gasteiger partial charge < -0.3 is 15.2 Å².